The summed E-state index contributed by atoms with van der Waals surface area (Å²) in [7, 11) is 0. The topological polar surface area (TPSA) is 49.6 Å². The predicted molar refractivity (Wildman–Crippen MR) is 135 cm³/mol. The predicted octanol–water partition coefficient (Wildman–Crippen LogP) is 5.73. The van der Waals surface area contributed by atoms with E-state index in [-0.39, 0.29) is 49.8 Å². The summed E-state index contributed by atoms with van der Waals surface area (Å²) >= 11 is 0. The molecule has 2 aromatic rings. The molecule has 2 aromatic carbocycles. The van der Waals surface area contributed by atoms with E-state index in [1.165, 1.54) is 24.3 Å². The molecule has 0 spiro atoms. The average Bonchev–Trinajstić information content (AvgIpc) is 2.78. The van der Waals surface area contributed by atoms with Crippen LogP contribution in [0.15, 0.2) is 48.5 Å². The highest BCUT2D eigenvalue weighted by Gasteiger charge is 2.60. The van der Waals surface area contributed by atoms with E-state index in [0.29, 0.717) is 10.5 Å². The lowest BCUT2D eigenvalue weighted by atomic mass is 9.89. The first-order valence-electron chi connectivity index (χ1n) is 11.4. The van der Waals surface area contributed by atoms with Gasteiger partial charge in [0.25, 0.3) is 5.91 Å². The Bertz CT molecular complexity index is 1020. The summed E-state index contributed by atoms with van der Waals surface area (Å²) in [6, 6.07) is 6.03. The monoisotopic (exact) mass is 573 g/mol. The number of hydrogen-bond acceptors (Lipinski definition) is 3. The molecule has 0 radical (unpaired) electrons. The van der Waals surface area contributed by atoms with Crippen LogP contribution in [0.1, 0.15) is 33.5 Å². The lowest BCUT2D eigenvalue weighted by Gasteiger charge is -2.52. The van der Waals surface area contributed by atoms with Gasteiger partial charge in [0.15, 0.2) is 0 Å². The molecular weight excluding hydrogens is 543 g/mol. The van der Waals surface area contributed by atoms with E-state index in [4.69, 9.17) is 5.73 Å². The molecule has 1 saturated heterocycles. The quantitative estimate of drug-likeness (QED) is 0.449. The molecule has 1 heterocycles. The Labute approximate surface area is 225 Å². The molecule has 2 unspecified atom stereocenters. The number of rotatable bonds is 6. The molecule has 0 aliphatic carbocycles. The fraction of sp³-hybridized carbons (Fsp3) is 0.480. The van der Waals surface area contributed by atoms with Crippen molar-refractivity contribution in [3.63, 3.8) is 0 Å². The molecule has 208 valence electrons. The molecule has 1 aliphatic rings. The zero-order chi connectivity index (χ0) is 26.0. The van der Waals surface area contributed by atoms with E-state index in [1.807, 2.05) is 6.92 Å². The maximum atomic E-state index is 14.5. The van der Waals surface area contributed by atoms with Crippen molar-refractivity contribution in [2.45, 2.75) is 57.2 Å². The number of hydrogen-bond donors (Lipinski definition) is 1. The smallest absolute Gasteiger partial charge is 0.331 e. The van der Waals surface area contributed by atoms with Crippen molar-refractivity contribution in [2.75, 3.05) is 19.6 Å². The highest BCUT2D eigenvalue weighted by molar-refractivity contribution is 5.94. The summed E-state index contributed by atoms with van der Waals surface area (Å²) in [5, 5.41) is 0. The average molecular weight is 574 g/mol. The second kappa shape index (κ2) is 13.2. The van der Waals surface area contributed by atoms with Crippen LogP contribution in [0.25, 0.3) is 0 Å². The number of piperazine rings is 1. The Kier molecular flexibility index (Phi) is 11.8. The second-order valence-corrected chi connectivity index (χ2v) is 8.94. The van der Waals surface area contributed by atoms with Crippen LogP contribution in [0.5, 0.6) is 0 Å². The summed E-state index contributed by atoms with van der Waals surface area (Å²) < 4.78 is 85.9. The summed E-state index contributed by atoms with van der Waals surface area (Å²) in [5.41, 5.74) is 7.77. The molecule has 1 amide bonds. The molecule has 1 aliphatic heterocycles. The molecule has 3 atom stereocenters. The number of aryl methyl sites for hydroxylation is 2. The lowest BCUT2D eigenvalue weighted by molar-refractivity contribution is -0.261. The molecular formula is C25H31Cl2F6N3O. The van der Waals surface area contributed by atoms with Gasteiger partial charge in [0.05, 0.1) is 6.04 Å². The third-order valence-corrected chi connectivity index (χ3v) is 6.52. The van der Waals surface area contributed by atoms with Gasteiger partial charge in [-0.2, -0.15) is 26.3 Å². The Morgan fingerprint density at radius 3 is 2.08 bits per heavy atom. The molecule has 0 saturated carbocycles. The van der Waals surface area contributed by atoms with E-state index >= 15 is 0 Å². The number of nitrogens with zero attached hydrogens (tertiary/aromatic N) is 2. The van der Waals surface area contributed by atoms with Gasteiger partial charge >= 0.3 is 12.4 Å². The highest BCUT2D eigenvalue weighted by Crippen LogP contribution is 2.41. The number of nitrogens with two attached hydrogens (primary N) is 1. The van der Waals surface area contributed by atoms with Crippen LogP contribution in [0.4, 0.5) is 26.3 Å². The maximum absolute atomic E-state index is 14.5. The van der Waals surface area contributed by atoms with Crippen molar-refractivity contribution in [3.8, 4) is 0 Å². The molecule has 37 heavy (non-hydrogen) atoms. The van der Waals surface area contributed by atoms with E-state index in [2.05, 4.69) is 0 Å². The summed E-state index contributed by atoms with van der Waals surface area (Å²) in [5.74, 6) is -0.860. The molecule has 4 nitrogen and oxygen atoms in total. The third-order valence-electron chi connectivity index (χ3n) is 6.52. The van der Waals surface area contributed by atoms with Gasteiger partial charge < -0.3 is 10.6 Å². The Hall–Kier alpha value is -2.01. The minimum Gasteiger partial charge on any atom is -0.331 e. The largest absolute Gasteiger partial charge is 0.406 e. The number of benzene rings is 2. The molecule has 12 heteroatoms. The van der Waals surface area contributed by atoms with Gasteiger partial charge in [-0.25, -0.2) is 0 Å². The maximum Gasteiger partial charge on any atom is 0.406 e. The van der Waals surface area contributed by atoms with Gasteiger partial charge in [-0.15, -0.1) is 24.8 Å². The van der Waals surface area contributed by atoms with E-state index < -0.39 is 49.5 Å². The van der Waals surface area contributed by atoms with Gasteiger partial charge in [0.2, 0.25) is 0 Å². The van der Waals surface area contributed by atoms with Crippen molar-refractivity contribution in [3.05, 3.63) is 70.8 Å². The van der Waals surface area contributed by atoms with Crippen LogP contribution in [0.3, 0.4) is 0 Å². The number of halogens is 8. The van der Waals surface area contributed by atoms with Gasteiger partial charge in [-0.3, -0.25) is 9.69 Å². The fourth-order valence-electron chi connectivity index (χ4n) is 4.65. The summed E-state index contributed by atoms with van der Waals surface area (Å²) in [6.07, 6.45) is -10.3. The van der Waals surface area contributed by atoms with E-state index in [9.17, 15) is 31.1 Å². The van der Waals surface area contributed by atoms with Gasteiger partial charge in [0, 0.05) is 18.7 Å². The first-order valence-corrected chi connectivity index (χ1v) is 11.4. The molecule has 0 bridgehead atoms. The number of carbonyl (C=O) groups is 1. The normalized spacial score (nSPS) is 20.7. The van der Waals surface area contributed by atoms with Crippen LogP contribution in [0.2, 0.25) is 0 Å². The molecule has 1 fully saturated rings. The zero-order valence-corrected chi connectivity index (χ0v) is 22.0. The number of amides is 1. The summed E-state index contributed by atoms with van der Waals surface area (Å²) in [6.45, 7) is 2.22. The van der Waals surface area contributed by atoms with Gasteiger partial charge in [0.1, 0.15) is 12.1 Å². The minimum atomic E-state index is -5.02. The van der Waals surface area contributed by atoms with Crippen LogP contribution < -0.4 is 5.73 Å². The standard InChI is InChI=1S/C25H29F6N3O.2ClH/c1-16-9-10-18(13-17(16)2)14-20-22(25(29,30)31)33(12-6-11-32)21(24(26,27)28)15-34(20)23(35)19-7-4-3-5-8-19;;/h3-5,7-10,13,20-22H,6,11-12,14-15,32H2,1-2H3;2*1H/t20-,21?,22?;;/m1../s1. The first-order chi connectivity index (χ1) is 16.3. The van der Waals surface area contributed by atoms with Crippen molar-refractivity contribution >= 4 is 30.7 Å². The molecule has 0 aromatic heterocycles. The van der Waals surface area contributed by atoms with Gasteiger partial charge in [-0.1, -0.05) is 36.4 Å². The van der Waals surface area contributed by atoms with Crippen molar-refractivity contribution in [2.24, 2.45) is 5.73 Å². The Morgan fingerprint density at radius 1 is 0.946 bits per heavy atom. The van der Waals surface area contributed by atoms with E-state index in [0.717, 1.165) is 16.0 Å². The fourth-order valence-corrected chi connectivity index (χ4v) is 4.65. The van der Waals surface area contributed by atoms with Crippen LogP contribution >= 0.6 is 24.8 Å². The minimum absolute atomic E-state index is 0. The number of carbonyl (C=O) groups excluding carboxylic acids is 1. The van der Waals surface area contributed by atoms with Crippen LogP contribution in [0, 0.1) is 13.8 Å². The van der Waals surface area contributed by atoms with Crippen LogP contribution in [-0.2, 0) is 6.42 Å². The lowest BCUT2D eigenvalue weighted by Crippen LogP contribution is -2.72. The van der Waals surface area contributed by atoms with E-state index in [1.54, 1.807) is 31.2 Å². The third kappa shape index (κ3) is 7.75. The van der Waals surface area contributed by atoms with Crippen molar-refractivity contribution in [1.29, 1.82) is 0 Å². The van der Waals surface area contributed by atoms with Crippen molar-refractivity contribution < 1.29 is 31.1 Å². The van der Waals surface area contributed by atoms with Crippen LogP contribution in [-0.4, -0.2) is 65.8 Å². The number of alkyl halides is 6. The van der Waals surface area contributed by atoms with Gasteiger partial charge in [-0.05, 0) is 62.1 Å². The first kappa shape index (κ1) is 33.0. The molecule has 3 rings (SSSR count). The second-order valence-electron chi connectivity index (χ2n) is 8.94. The Balaban J connectivity index is 0.00000342. The summed E-state index contributed by atoms with van der Waals surface area (Å²) in [4.78, 5) is 14.6. The molecule has 2 N–H and O–H groups in total. The van der Waals surface area contributed by atoms with Crippen molar-refractivity contribution in [1.82, 2.24) is 9.80 Å². The zero-order valence-electron chi connectivity index (χ0n) is 20.4. The SMILES string of the molecule is Cc1ccc(C[C@@H]2C(C(F)(F)F)N(CCCN)C(C(F)(F)F)CN2C(=O)c2ccccc2)cc1C.Cl.Cl. The highest BCUT2D eigenvalue weighted by atomic mass is 35.5. The Morgan fingerprint density at radius 2 is 1.57 bits per heavy atom.